The molecule has 0 unspecified atom stereocenters. The van der Waals surface area contributed by atoms with Crippen molar-refractivity contribution in [1.29, 1.82) is 0 Å². The van der Waals surface area contributed by atoms with Crippen LogP contribution in [0.3, 0.4) is 0 Å². The summed E-state index contributed by atoms with van der Waals surface area (Å²) in [6.45, 7) is 11.2. The lowest BCUT2D eigenvalue weighted by molar-refractivity contribution is 0.0853. The van der Waals surface area contributed by atoms with Crippen LogP contribution in [0.1, 0.15) is 82.9 Å². The van der Waals surface area contributed by atoms with Crippen LogP contribution in [0.4, 0.5) is 0 Å². The molecule has 0 radical (unpaired) electrons. The molecule has 1 aromatic heterocycles. The average molecular weight is 433 g/mol. The van der Waals surface area contributed by atoms with Gasteiger partial charge in [-0.15, -0.1) is 0 Å². The molecular weight excluding hydrogens is 396 g/mol. The number of rotatable bonds is 6. The maximum absolute atomic E-state index is 12.7. The molecule has 1 saturated carbocycles. The summed E-state index contributed by atoms with van der Waals surface area (Å²) in [5, 5.41) is 0.932. The molecule has 2 aliphatic rings. The highest BCUT2D eigenvalue weighted by atomic mass is 32.2. The molecule has 30 heavy (non-hydrogen) atoms. The zero-order valence-corrected chi connectivity index (χ0v) is 19.6. The van der Waals surface area contributed by atoms with Crippen molar-refractivity contribution in [3.8, 4) is 0 Å². The molecule has 2 fully saturated rings. The third kappa shape index (κ3) is 4.61. The zero-order chi connectivity index (χ0) is 21.5. The summed E-state index contributed by atoms with van der Waals surface area (Å²) in [7, 11) is -3.26. The van der Waals surface area contributed by atoms with E-state index in [1.807, 2.05) is 6.92 Å². The molecule has 1 atom stereocenters. The van der Waals surface area contributed by atoms with Crippen LogP contribution in [0.15, 0.2) is 24.4 Å². The van der Waals surface area contributed by atoms with Gasteiger partial charge in [-0.1, -0.05) is 39.3 Å². The third-order valence-corrected chi connectivity index (χ3v) is 8.60. The highest BCUT2D eigenvalue weighted by Gasteiger charge is 2.33. The van der Waals surface area contributed by atoms with E-state index in [4.69, 9.17) is 4.74 Å². The Labute approximate surface area is 181 Å². The van der Waals surface area contributed by atoms with Gasteiger partial charge in [0.1, 0.15) is 0 Å². The van der Waals surface area contributed by atoms with Crippen LogP contribution < -0.4 is 4.72 Å². The maximum Gasteiger partial charge on any atom is 0.215 e. The molecule has 166 valence electrons. The molecule has 1 saturated heterocycles. The van der Waals surface area contributed by atoms with E-state index in [2.05, 4.69) is 54.5 Å². The molecule has 6 heteroatoms. The minimum Gasteiger partial charge on any atom is -0.381 e. The molecule has 2 aromatic rings. The Kier molecular flexibility index (Phi) is 6.03. The summed E-state index contributed by atoms with van der Waals surface area (Å²) >= 11 is 0. The Morgan fingerprint density at radius 3 is 2.47 bits per heavy atom. The first-order valence-corrected chi connectivity index (χ1v) is 12.9. The normalized spacial score (nSPS) is 20.4. The Bertz CT molecular complexity index is 993. The van der Waals surface area contributed by atoms with Crippen molar-refractivity contribution in [1.82, 2.24) is 9.29 Å². The Morgan fingerprint density at radius 1 is 1.17 bits per heavy atom. The van der Waals surface area contributed by atoms with Gasteiger partial charge in [0, 0.05) is 42.9 Å². The van der Waals surface area contributed by atoms with Crippen LogP contribution in [0, 0.1) is 5.41 Å². The second-order valence-electron chi connectivity index (χ2n) is 10.4. The van der Waals surface area contributed by atoms with Crippen LogP contribution in [0.25, 0.3) is 10.9 Å². The van der Waals surface area contributed by atoms with E-state index in [9.17, 15) is 8.42 Å². The van der Waals surface area contributed by atoms with Gasteiger partial charge in [0.15, 0.2) is 0 Å². The van der Waals surface area contributed by atoms with E-state index in [1.165, 1.54) is 11.1 Å². The van der Waals surface area contributed by atoms with Crippen molar-refractivity contribution in [3.05, 3.63) is 35.5 Å². The quantitative estimate of drug-likeness (QED) is 0.690. The number of hydrogen-bond donors (Lipinski definition) is 1. The lowest BCUT2D eigenvalue weighted by Crippen LogP contribution is -2.39. The maximum atomic E-state index is 12.7. The van der Waals surface area contributed by atoms with E-state index in [0.717, 1.165) is 62.8 Å². The van der Waals surface area contributed by atoms with Gasteiger partial charge in [-0.3, -0.25) is 0 Å². The first kappa shape index (κ1) is 21.8. The van der Waals surface area contributed by atoms with E-state index in [-0.39, 0.29) is 16.7 Å². The molecular formula is C24H36N2O3S. The Balaban J connectivity index is 1.70. The van der Waals surface area contributed by atoms with E-state index in [0.29, 0.717) is 5.92 Å². The van der Waals surface area contributed by atoms with Crippen molar-refractivity contribution in [2.24, 2.45) is 5.41 Å². The minimum atomic E-state index is -3.26. The number of nitrogens with one attached hydrogen (secondary N) is 1. The van der Waals surface area contributed by atoms with Crippen molar-refractivity contribution < 1.29 is 13.2 Å². The number of nitrogens with zero attached hydrogens (tertiary/aromatic N) is 1. The molecule has 2 heterocycles. The largest absolute Gasteiger partial charge is 0.381 e. The first-order valence-electron chi connectivity index (χ1n) is 11.4. The van der Waals surface area contributed by atoms with Crippen molar-refractivity contribution in [2.75, 3.05) is 13.2 Å². The van der Waals surface area contributed by atoms with Gasteiger partial charge in [-0.25, -0.2) is 13.1 Å². The van der Waals surface area contributed by atoms with Gasteiger partial charge in [0.2, 0.25) is 10.0 Å². The van der Waals surface area contributed by atoms with E-state index < -0.39 is 10.0 Å². The second-order valence-corrected chi connectivity index (χ2v) is 12.4. The van der Waals surface area contributed by atoms with Gasteiger partial charge < -0.3 is 9.30 Å². The summed E-state index contributed by atoms with van der Waals surface area (Å²) in [6.07, 6.45) is 6.87. The van der Waals surface area contributed by atoms with Crippen LogP contribution >= 0.6 is 0 Å². The van der Waals surface area contributed by atoms with Gasteiger partial charge in [-0.05, 0) is 61.1 Å². The van der Waals surface area contributed by atoms with Crippen molar-refractivity contribution in [3.63, 3.8) is 0 Å². The molecule has 1 aromatic carbocycles. The van der Waals surface area contributed by atoms with Crippen LogP contribution in [-0.4, -0.2) is 31.4 Å². The topological polar surface area (TPSA) is 60.3 Å². The number of benzene rings is 1. The van der Waals surface area contributed by atoms with Crippen molar-refractivity contribution in [2.45, 2.75) is 83.6 Å². The van der Waals surface area contributed by atoms with E-state index >= 15 is 0 Å². The number of fused-ring (bicyclic) bond motifs is 1. The summed E-state index contributed by atoms with van der Waals surface area (Å²) in [6, 6.07) is 6.51. The Morgan fingerprint density at radius 2 is 1.87 bits per heavy atom. The predicted octanol–water partition coefficient (Wildman–Crippen LogP) is 5.11. The fraction of sp³-hybridized carbons (Fsp3) is 0.667. The number of hydrogen-bond acceptors (Lipinski definition) is 3. The fourth-order valence-corrected chi connectivity index (χ4v) is 6.46. The highest BCUT2D eigenvalue weighted by Crippen LogP contribution is 2.35. The number of sulfonamides is 1. The standard InChI is InChI=1S/C24H36N2O3S/c1-17(25-30(27,28)20-6-5-7-20)22-15-26(16-24(2,3)4)23-14-19(8-9-21(22)23)18-10-12-29-13-11-18/h8-9,14-15,17-18,20,25H,5-7,10-13,16H2,1-4H3/t17-/m1/s1. The smallest absolute Gasteiger partial charge is 0.215 e. The first-order chi connectivity index (χ1) is 14.1. The summed E-state index contributed by atoms with van der Waals surface area (Å²) in [4.78, 5) is 0. The van der Waals surface area contributed by atoms with Crippen LogP contribution in [-0.2, 0) is 21.3 Å². The number of ether oxygens (including phenoxy) is 1. The van der Waals surface area contributed by atoms with E-state index in [1.54, 1.807) is 0 Å². The lowest BCUT2D eigenvalue weighted by Gasteiger charge is -2.27. The lowest BCUT2D eigenvalue weighted by atomic mass is 9.90. The summed E-state index contributed by atoms with van der Waals surface area (Å²) in [5.41, 5.74) is 3.77. The molecule has 1 aliphatic carbocycles. The molecule has 4 rings (SSSR count). The average Bonchev–Trinajstić information content (AvgIpc) is 2.96. The Hall–Kier alpha value is -1.37. The van der Waals surface area contributed by atoms with Gasteiger partial charge in [0.05, 0.1) is 5.25 Å². The molecule has 0 amide bonds. The molecule has 0 spiro atoms. The minimum absolute atomic E-state index is 0.132. The van der Waals surface area contributed by atoms with Crippen LogP contribution in [0.5, 0.6) is 0 Å². The number of aromatic nitrogens is 1. The van der Waals surface area contributed by atoms with Crippen LogP contribution in [0.2, 0.25) is 0 Å². The zero-order valence-electron chi connectivity index (χ0n) is 18.8. The van der Waals surface area contributed by atoms with Crippen molar-refractivity contribution >= 4 is 20.9 Å². The molecule has 1 N–H and O–H groups in total. The van der Waals surface area contributed by atoms with Gasteiger partial charge in [0.25, 0.3) is 0 Å². The molecule has 5 nitrogen and oxygen atoms in total. The second kappa shape index (κ2) is 8.29. The highest BCUT2D eigenvalue weighted by molar-refractivity contribution is 7.90. The third-order valence-electron chi connectivity index (χ3n) is 6.57. The summed E-state index contributed by atoms with van der Waals surface area (Å²) in [5.74, 6) is 0.541. The monoisotopic (exact) mass is 432 g/mol. The molecule has 1 aliphatic heterocycles. The molecule has 0 bridgehead atoms. The fourth-order valence-electron chi connectivity index (χ4n) is 4.70. The SMILES string of the molecule is C[C@@H](NS(=O)(=O)C1CCC1)c1cn(CC(C)(C)C)c2cc(C3CCOCC3)ccc12. The van der Waals surface area contributed by atoms with Gasteiger partial charge in [-0.2, -0.15) is 0 Å². The summed E-state index contributed by atoms with van der Waals surface area (Å²) < 4.78 is 36.2. The predicted molar refractivity (Wildman–Crippen MR) is 122 cm³/mol. The van der Waals surface area contributed by atoms with Gasteiger partial charge >= 0.3 is 0 Å².